The minimum absolute atomic E-state index is 0.0379. The van der Waals surface area contributed by atoms with Gasteiger partial charge in [-0.2, -0.15) is 0 Å². The highest BCUT2D eigenvalue weighted by Gasteiger charge is 2.19. The molecule has 2 rings (SSSR count). The molecule has 0 N–H and O–H groups in total. The van der Waals surface area contributed by atoms with Crippen LogP contribution in [0.25, 0.3) is 6.08 Å². The first-order valence-corrected chi connectivity index (χ1v) is 8.62. The van der Waals surface area contributed by atoms with E-state index in [1.165, 1.54) is 25.3 Å². The maximum Gasteiger partial charge on any atom is 0.330 e. The molecule has 2 aromatic carbocycles. The number of methoxy groups -OCH3 is 1. The van der Waals surface area contributed by atoms with Gasteiger partial charge in [0.05, 0.1) is 30.3 Å². The number of nitro benzene ring substituents is 1. The summed E-state index contributed by atoms with van der Waals surface area (Å²) in [5.74, 6) is -2.96. The van der Waals surface area contributed by atoms with Crippen molar-refractivity contribution >= 4 is 29.3 Å². The van der Waals surface area contributed by atoms with Crippen molar-refractivity contribution in [3.05, 3.63) is 68.2 Å². The largest absolute Gasteiger partial charge is 0.496 e. The van der Waals surface area contributed by atoms with Crippen molar-refractivity contribution in [2.24, 2.45) is 0 Å². The van der Waals surface area contributed by atoms with Gasteiger partial charge in [0.25, 0.3) is 5.69 Å². The number of hydrogen-bond donors (Lipinski definition) is 0. The van der Waals surface area contributed by atoms with E-state index >= 15 is 0 Å². The molecule has 0 heterocycles. The van der Waals surface area contributed by atoms with Gasteiger partial charge < -0.3 is 14.2 Å². The molecule has 29 heavy (non-hydrogen) atoms. The number of carbonyl (C=O) groups excluding carboxylic acids is 1. The zero-order chi connectivity index (χ0) is 21.6. The Morgan fingerprint density at radius 3 is 2.62 bits per heavy atom. The number of hydrogen-bond acceptors (Lipinski definition) is 6. The summed E-state index contributed by atoms with van der Waals surface area (Å²) in [5, 5.41) is 11.0. The Morgan fingerprint density at radius 2 is 2.00 bits per heavy atom. The van der Waals surface area contributed by atoms with Crippen molar-refractivity contribution in [3.8, 4) is 11.5 Å². The number of rotatable bonds is 8. The molecule has 0 bridgehead atoms. The van der Waals surface area contributed by atoms with Crippen LogP contribution in [0.2, 0.25) is 5.02 Å². The van der Waals surface area contributed by atoms with Gasteiger partial charge in [0.2, 0.25) is 0 Å². The minimum Gasteiger partial charge on any atom is -0.496 e. The highest BCUT2D eigenvalue weighted by Crippen LogP contribution is 2.34. The van der Waals surface area contributed by atoms with E-state index in [1.54, 1.807) is 6.92 Å². The predicted molar refractivity (Wildman–Crippen MR) is 101 cm³/mol. The fraction of sp³-hybridized carbons (Fsp3) is 0.211. The first kappa shape index (κ1) is 22.1. The Bertz CT molecular complexity index is 964. The molecule has 2 aromatic rings. The zero-order valence-electron chi connectivity index (χ0n) is 15.4. The summed E-state index contributed by atoms with van der Waals surface area (Å²) < 4.78 is 42.9. The number of esters is 1. The van der Waals surface area contributed by atoms with E-state index in [-0.39, 0.29) is 34.3 Å². The average molecular weight is 428 g/mol. The van der Waals surface area contributed by atoms with Gasteiger partial charge in [-0.1, -0.05) is 11.6 Å². The molecule has 0 fully saturated rings. The number of nitrogens with zero attached hydrogens (tertiary/aromatic N) is 1. The van der Waals surface area contributed by atoms with E-state index in [2.05, 4.69) is 0 Å². The molecule has 154 valence electrons. The molecule has 0 aliphatic heterocycles. The molecule has 0 radical (unpaired) electrons. The quantitative estimate of drug-likeness (QED) is 0.263. The molecule has 0 saturated carbocycles. The van der Waals surface area contributed by atoms with Crippen LogP contribution in [0.4, 0.5) is 14.5 Å². The third-order valence-electron chi connectivity index (χ3n) is 3.71. The van der Waals surface area contributed by atoms with Crippen LogP contribution in [0.5, 0.6) is 11.5 Å². The van der Waals surface area contributed by atoms with E-state index in [4.69, 9.17) is 25.8 Å². The lowest BCUT2D eigenvalue weighted by atomic mass is 10.1. The summed E-state index contributed by atoms with van der Waals surface area (Å²) >= 11 is 5.91. The van der Waals surface area contributed by atoms with Crippen molar-refractivity contribution in [1.29, 1.82) is 0 Å². The highest BCUT2D eigenvalue weighted by atomic mass is 35.5. The molecule has 0 atom stereocenters. The van der Waals surface area contributed by atoms with Gasteiger partial charge in [0.15, 0.2) is 11.6 Å². The second-order valence-electron chi connectivity index (χ2n) is 5.51. The van der Waals surface area contributed by atoms with Crippen molar-refractivity contribution in [2.45, 2.75) is 13.5 Å². The molecule has 7 nitrogen and oxygen atoms in total. The standard InChI is InChI=1S/C19H16ClF2NO6/c1-3-28-18(24)7-4-11-8-13(20)15(23(25)26)9-17(11)29-10-12-16(27-2)6-5-14(21)19(12)22/h4-9H,3,10H2,1-2H3. The maximum atomic E-state index is 14.1. The van der Waals surface area contributed by atoms with E-state index in [9.17, 15) is 23.7 Å². The average Bonchev–Trinajstić information content (AvgIpc) is 2.68. The van der Waals surface area contributed by atoms with Crippen LogP contribution < -0.4 is 9.47 Å². The second kappa shape index (κ2) is 9.83. The van der Waals surface area contributed by atoms with Crippen molar-refractivity contribution < 1.29 is 32.7 Å². The highest BCUT2D eigenvalue weighted by molar-refractivity contribution is 6.32. The van der Waals surface area contributed by atoms with Gasteiger partial charge in [-0.25, -0.2) is 13.6 Å². The second-order valence-corrected chi connectivity index (χ2v) is 5.92. The van der Waals surface area contributed by atoms with E-state index in [1.807, 2.05) is 0 Å². The minimum atomic E-state index is -1.17. The number of benzene rings is 2. The van der Waals surface area contributed by atoms with Gasteiger partial charge in [-0.15, -0.1) is 0 Å². The topological polar surface area (TPSA) is 87.9 Å². The summed E-state index contributed by atoms with van der Waals surface area (Å²) in [7, 11) is 1.27. The third kappa shape index (κ3) is 5.41. The lowest BCUT2D eigenvalue weighted by Crippen LogP contribution is -2.05. The van der Waals surface area contributed by atoms with Gasteiger partial charge in [-0.3, -0.25) is 10.1 Å². The lowest BCUT2D eigenvalue weighted by molar-refractivity contribution is -0.384. The lowest BCUT2D eigenvalue weighted by Gasteiger charge is -2.13. The SMILES string of the molecule is CCOC(=O)C=Cc1cc(Cl)c([N+](=O)[O-])cc1OCc1c(OC)ccc(F)c1F. The Labute approximate surface area is 169 Å². The number of carbonyl (C=O) groups is 1. The van der Waals surface area contributed by atoms with Crippen molar-refractivity contribution in [1.82, 2.24) is 0 Å². The Morgan fingerprint density at radius 1 is 1.28 bits per heavy atom. The van der Waals surface area contributed by atoms with Gasteiger partial charge in [0.1, 0.15) is 23.1 Å². The van der Waals surface area contributed by atoms with E-state index in [0.717, 1.165) is 18.2 Å². The maximum absolute atomic E-state index is 14.1. The summed E-state index contributed by atoms with van der Waals surface area (Å²) in [6, 6.07) is 4.36. The summed E-state index contributed by atoms with van der Waals surface area (Å²) in [6.45, 7) is 1.29. The molecule has 0 aliphatic rings. The van der Waals surface area contributed by atoms with Crippen LogP contribution in [0.3, 0.4) is 0 Å². The first-order chi connectivity index (χ1) is 13.8. The molecule has 0 aromatic heterocycles. The van der Waals surface area contributed by atoms with E-state index in [0.29, 0.717) is 0 Å². The number of ether oxygens (including phenoxy) is 3. The molecule has 0 saturated heterocycles. The Hall–Kier alpha value is -3.20. The number of halogens is 3. The fourth-order valence-electron chi connectivity index (χ4n) is 2.35. The van der Waals surface area contributed by atoms with Crippen LogP contribution in [0.15, 0.2) is 30.3 Å². The van der Waals surface area contributed by atoms with Gasteiger partial charge in [-0.05, 0) is 31.2 Å². The Balaban J connectivity index is 2.42. The van der Waals surface area contributed by atoms with Crippen LogP contribution in [-0.4, -0.2) is 24.6 Å². The molecule has 10 heteroatoms. The molecule has 0 spiro atoms. The van der Waals surface area contributed by atoms with Crippen LogP contribution in [0, 0.1) is 21.7 Å². The normalized spacial score (nSPS) is 10.8. The van der Waals surface area contributed by atoms with E-state index < -0.39 is 34.8 Å². The molecule has 0 aliphatic carbocycles. The fourth-order valence-corrected chi connectivity index (χ4v) is 2.59. The van der Waals surface area contributed by atoms with Crippen molar-refractivity contribution in [2.75, 3.05) is 13.7 Å². The zero-order valence-corrected chi connectivity index (χ0v) is 16.2. The molecular weight excluding hydrogens is 412 g/mol. The molecule has 0 unspecified atom stereocenters. The smallest absolute Gasteiger partial charge is 0.330 e. The van der Waals surface area contributed by atoms with Gasteiger partial charge in [0, 0.05) is 11.6 Å². The molecular formula is C19H16ClF2NO6. The van der Waals surface area contributed by atoms with Crippen LogP contribution in [0.1, 0.15) is 18.1 Å². The first-order valence-electron chi connectivity index (χ1n) is 8.24. The van der Waals surface area contributed by atoms with Crippen molar-refractivity contribution in [3.63, 3.8) is 0 Å². The summed E-state index contributed by atoms with van der Waals surface area (Å²) in [5.41, 5.74) is -0.475. The van der Waals surface area contributed by atoms with Gasteiger partial charge >= 0.3 is 5.97 Å². The monoisotopic (exact) mass is 427 g/mol. The predicted octanol–water partition coefficient (Wildman–Crippen LogP) is 4.69. The number of nitro groups is 1. The Kier molecular flexibility index (Phi) is 7.49. The summed E-state index contributed by atoms with van der Waals surface area (Å²) in [6.07, 6.45) is 2.36. The third-order valence-corrected chi connectivity index (χ3v) is 4.01. The molecule has 0 amide bonds. The van der Waals surface area contributed by atoms with Crippen LogP contribution in [-0.2, 0) is 16.1 Å². The van der Waals surface area contributed by atoms with Crippen LogP contribution >= 0.6 is 11.6 Å². The summed E-state index contributed by atoms with van der Waals surface area (Å²) in [4.78, 5) is 22.0.